The third-order valence-corrected chi connectivity index (χ3v) is 3.68. The van der Waals surface area contributed by atoms with Crippen LogP contribution >= 0.6 is 0 Å². The zero-order chi connectivity index (χ0) is 13.3. The van der Waals surface area contributed by atoms with E-state index in [1.165, 1.54) is 6.07 Å². The molecule has 18 heavy (non-hydrogen) atoms. The molecule has 1 aliphatic rings. The van der Waals surface area contributed by atoms with Gasteiger partial charge in [0.25, 0.3) is 0 Å². The van der Waals surface area contributed by atoms with Gasteiger partial charge in [-0.05, 0) is 49.2 Å². The van der Waals surface area contributed by atoms with Crippen molar-refractivity contribution in [2.24, 2.45) is 11.7 Å². The van der Waals surface area contributed by atoms with Crippen molar-refractivity contribution in [2.75, 3.05) is 20.1 Å². The van der Waals surface area contributed by atoms with Gasteiger partial charge in [0.15, 0.2) is 11.6 Å². The number of hydrogen-bond donors (Lipinski definition) is 2. The van der Waals surface area contributed by atoms with Crippen molar-refractivity contribution in [1.82, 2.24) is 4.90 Å². The minimum Gasteiger partial charge on any atom is -0.392 e. The van der Waals surface area contributed by atoms with Crippen LogP contribution in [0.15, 0.2) is 12.1 Å². The van der Waals surface area contributed by atoms with Gasteiger partial charge >= 0.3 is 0 Å². The summed E-state index contributed by atoms with van der Waals surface area (Å²) in [6.45, 7) is 1.13. The second kappa shape index (κ2) is 5.30. The first-order valence-corrected chi connectivity index (χ1v) is 6.05. The Labute approximate surface area is 105 Å². The highest BCUT2D eigenvalue weighted by molar-refractivity contribution is 5.32. The molecule has 0 aliphatic carbocycles. The number of rotatable bonds is 3. The maximum absolute atomic E-state index is 13.4. The lowest BCUT2D eigenvalue weighted by molar-refractivity contribution is 0.269. The van der Waals surface area contributed by atoms with Gasteiger partial charge in [0.1, 0.15) is 0 Å². The minimum atomic E-state index is -0.918. The first kappa shape index (κ1) is 13.4. The summed E-state index contributed by atoms with van der Waals surface area (Å²) < 4.78 is 26.5. The number of aliphatic hydroxyl groups excluding tert-OH is 1. The number of aliphatic hydroxyl groups is 1. The van der Waals surface area contributed by atoms with E-state index in [2.05, 4.69) is 4.90 Å². The summed E-state index contributed by atoms with van der Waals surface area (Å²) in [4.78, 5) is 2.07. The highest BCUT2D eigenvalue weighted by Gasteiger charge is 2.31. The van der Waals surface area contributed by atoms with Gasteiger partial charge in [0, 0.05) is 12.6 Å². The molecule has 100 valence electrons. The number of nitrogens with zero attached hydrogens (tertiary/aromatic N) is 1. The van der Waals surface area contributed by atoms with Crippen LogP contribution in [-0.4, -0.2) is 30.1 Å². The lowest BCUT2D eigenvalue weighted by Gasteiger charge is -2.22. The molecule has 0 radical (unpaired) electrons. The third kappa shape index (κ3) is 2.39. The van der Waals surface area contributed by atoms with Gasteiger partial charge < -0.3 is 10.8 Å². The molecule has 0 saturated carbocycles. The molecule has 0 bridgehead atoms. The van der Waals surface area contributed by atoms with Crippen LogP contribution in [0.25, 0.3) is 0 Å². The Hall–Kier alpha value is -1.04. The Morgan fingerprint density at radius 2 is 2.06 bits per heavy atom. The molecule has 1 heterocycles. The van der Waals surface area contributed by atoms with Crippen molar-refractivity contribution in [3.8, 4) is 0 Å². The van der Waals surface area contributed by atoms with Crippen LogP contribution in [0.1, 0.15) is 23.6 Å². The molecule has 3 N–H and O–H groups in total. The van der Waals surface area contributed by atoms with Crippen LogP contribution in [0.3, 0.4) is 0 Å². The zero-order valence-corrected chi connectivity index (χ0v) is 10.4. The van der Waals surface area contributed by atoms with Crippen molar-refractivity contribution in [3.63, 3.8) is 0 Å². The molecule has 2 unspecified atom stereocenters. The first-order valence-electron chi connectivity index (χ1n) is 6.05. The van der Waals surface area contributed by atoms with Crippen molar-refractivity contribution >= 4 is 0 Å². The number of nitrogens with two attached hydrogens (primary N) is 1. The number of hydrogen-bond acceptors (Lipinski definition) is 3. The second-order valence-electron chi connectivity index (χ2n) is 4.92. The Bertz CT molecular complexity index is 439. The predicted octanol–water partition coefficient (Wildman–Crippen LogP) is 1.41. The van der Waals surface area contributed by atoms with E-state index in [1.807, 2.05) is 7.05 Å². The number of halogens is 2. The van der Waals surface area contributed by atoms with E-state index < -0.39 is 11.6 Å². The molecule has 3 nitrogen and oxygen atoms in total. The van der Waals surface area contributed by atoms with Crippen LogP contribution in [-0.2, 0) is 6.61 Å². The average Bonchev–Trinajstić information content (AvgIpc) is 2.73. The van der Waals surface area contributed by atoms with Gasteiger partial charge in [0.05, 0.1) is 6.61 Å². The monoisotopic (exact) mass is 256 g/mol. The predicted molar refractivity (Wildman–Crippen MR) is 64.8 cm³/mol. The molecule has 0 spiro atoms. The van der Waals surface area contributed by atoms with E-state index in [0.717, 1.165) is 19.0 Å². The highest BCUT2D eigenvalue weighted by Crippen LogP contribution is 2.36. The van der Waals surface area contributed by atoms with E-state index in [9.17, 15) is 13.9 Å². The van der Waals surface area contributed by atoms with E-state index in [1.54, 1.807) is 0 Å². The Kier molecular flexibility index (Phi) is 3.94. The SMILES string of the molecule is CN1CC(CN)CC1c1cc(F)c(F)cc1CO. The zero-order valence-electron chi connectivity index (χ0n) is 10.4. The summed E-state index contributed by atoms with van der Waals surface area (Å²) in [5, 5.41) is 9.27. The van der Waals surface area contributed by atoms with Crippen molar-refractivity contribution < 1.29 is 13.9 Å². The van der Waals surface area contributed by atoms with Gasteiger partial charge in [-0.15, -0.1) is 0 Å². The largest absolute Gasteiger partial charge is 0.392 e. The molecule has 1 fully saturated rings. The quantitative estimate of drug-likeness (QED) is 0.859. The Balaban J connectivity index is 2.35. The molecule has 1 aromatic carbocycles. The molecule has 0 amide bonds. The van der Waals surface area contributed by atoms with Crippen LogP contribution in [0, 0.1) is 17.6 Å². The standard InChI is InChI=1S/C13H18F2N2O/c1-17-6-8(5-16)2-13(17)10-4-12(15)11(14)3-9(10)7-18/h3-4,8,13,18H,2,5-7,16H2,1H3. The van der Waals surface area contributed by atoms with E-state index in [4.69, 9.17) is 5.73 Å². The topological polar surface area (TPSA) is 49.5 Å². The fourth-order valence-electron chi connectivity index (χ4n) is 2.69. The molecule has 5 heteroatoms. The first-order chi connectivity index (χ1) is 8.56. The Morgan fingerprint density at radius 3 is 2.61 bits per heavy atom. The van der Waals surface area contributed by atoms with E-state index in [-0.39, 0.29) is 12.6 Å². The molecule has 0 aromatic heterocycles. The fraction of sp³-hybridized carbons (Fsp3) is 0.538. The molecule has 1 aromatic rings. The second-order valence-corrected chi connectivity index (χ2v) is 4.92. The summed E-state index contributed by atoms with van der Waals surface area (Å²) in [6, 6.07) is 2.27. The lowest BCUT2D eigenvalue weighted by atomic mass is 9.95. The van der Waals surface area contributed by atoms with Gasteiger partial charge in [-0.1, -0.05) is 0 Å². The molecular formula is C13H18F2N2O. The average molecular weight is 256 g/mol. The summed E-state index contributed by atoms with van der Waals surface area (Å²) in [6.07, 6.45) is 0.811. The van der Waals surface area contributed by atoms with Crippen molar-refractivity contribution in [1.29, 1.82) is 0 Å². The number of likely N-dealkylation sites (tertiary alicyclic amines) is 1. The minimum absolute atomic E-state index is 0.00389. The summed E-state index contributed by atoms with van der Waals surface area (Å²) >= 11 is 0. The lowest BCUT2D eigenvalue weighted by Crippen LogP contribution is -2.21. The van der Waals surface area contributed by atoms with Gasteiger partial charge in [-0.3, -0.25) is 4.90 Å². The normalized spacial score (nSPS) is 24.7. The van der Waals surface area contributed by atoms with Crippen molar-refractivity contribution in [3.05, 3.63) is 34.9 Å². The molecular weight excluding hydrogens is 238 g/mol. The van der Waals surface area contributed by atoms with E-state index >= 15 is 0 Å². The molecule has 2 rings (SSSR count). The van der Waals surface area contributed by atoms with E-state index in [0.29, 0.717) is 23.6 Å². The Morgan fingerprint density at radius 1 is 1.39 bits per heavy atom. The van der Waals surface area contributed by atoms with Crippen LogP contribution in [0.4, 0.5) is 8.78 Å². The summed E-state index contributed by atoms with van der Waals surface area (Å²) in [5.41, 5.74) is 6.76. The smallest absolute Gasteiger partial charge is 0.159 e. The third-order valence-electron chi connectivity index (χ3n) is 3.68. The maximum atomic E-state index is 13.4. The molecule has 1 saturated heterocycles. The molecule has 2 atom stereocenters. The fourth-order valence-corrected chi connectivity index (χ4v) is 2.69. The van der Waals surface area contributed by atoms with Crippen LogP contribution < -0.4 is 5.73 Å². The maximum Gasteiger partial charge on any atom is 0.159 e. The summed E-state index contributed by atoms with van der Waals surface area (Å²) in [7, 11) is 1.93. The number of benzene rings is 1. The van der Waals surface area contributed by atoms with Gasteiger partial charge in [-0.25, -0.2) is 8.78 Å². The highest BCUT2D eigenvalue weighted by atomic mass is 19.2. The van der Waals surface area contributed by atoms with Gasteiger partial charge in [-0.2, -0.15) is 0 Å². The van der Waals surface area contributed by atoms with Gasteiger partial charge in [0.2, 0.25) is 0 Å². The van der Waals surface area contributed by atoms with Crippen molar-refractivity contribution in [2.45, 2.75) is 19.1 Å². The summed E-state index contributed by atoms with van der Waals surface area (Å²) in [5.74, 6) is -1.43. The van der Waals surface area contributed by atoms with Crippen LogP contribution in [0.2, 0.25) is 0 Å². The molecule has 1 aliphatic heterocycles. The van der Waals surface area contributed by atoms with Crippen LogP contribution in [0.5, 0.6) is 0 Å².